The summed E-state index contributed by atoms with van der Waals surface area (Å²) >= 11 is 6.20. The zero-order valence-corrected chi connectivity index (χ0v) is 10.4. The molecule has 2 heteroatoms. The summed E-state index contributed by atoms with van der Waals surface area (Å²) in [7, 11) is 0. The van der Waals surface area contributed by atoms with E-state index >= 15 is 0 Å². The van der Waals surface area contributed by atoms with Crippen molar-refractivity contribution in [2.75, 3.05) is 0 Å². The number of rotatable bonds is 0. The summed E-state index contributed by atoms with van der Waals surface area (Å²) in [6.45, 7) is 2.79. The number of benzene rings is 2. The van der Waals surface area contributed by atoms with Gasteiger partial charge in [-0.3, -0.25) is 0 Å². The minimum atomic E-state index is 0.322. The van der Waals surface area contributed by atoms with Crippen LogP contribution in [0.1, 0.15) is 29.5 Å². The van der Waals surface area contributed by atoms with Crippen LogP contribution in [0.4, 0.5) is 0 Å². The molecule has 0 spiro atoms. The molecule has 0 amide bonds. The van der Waals surface area contributed by atoms with E-state index in [4.69, 9.17) is 16.3 Å². The van der Waals surface area contributed by atoms with Crippen LogP contribution in [-0.2, 0) is 6.61 Å². The first-order valence-electron chi connectivity index (χ1n) is 5.76. The maximum absolute atomic E-state index is 6.20. The third-order valence-electron chi connectivity index (χ3n) is 3.36. The molecule has 1 aliphatic heterocycles. The van der Waals surface area contributed by atoms with Gasteiger partial charge in [0.25, 0.3) is 0 Å². The van der Waals surface area contributed by atoms with Gasteiger partial charge in [0.1, 0.15) is 12.4 Å². The predicted molar refractivity (Wildman–Crippen MR) is 69.7 cm³/mol. The summed E-state index contributed by atoms with van der Waals surface area (Å²) in [6, 6.07) is 14.4. The van der Waals surface area contributed by atoms with Gasteiger partial charge in [0, 0.05) is 11.5 Å². The van der Waals surface area contributed by atoms with E-state index in [-0.39, 0.29) is 0 Å². The second kappa shape index (κ2) is 4.08. The van der Waals surface area contributed by atoms with Gasteiger partial charge in [0.2, 0.25) is 0 Å². The van der Waals surface area contributed by atoms with Crippen LogP contribution in [0.5, 0.6) is 5.75 Å². The van der Waals surface area contributed by atoms with Crippen LogP contribution >= 0.6 is 11.6 Å². The maximum atomic E-state index is 6.20. The van der Waals surface area contributed by atoms with Crippen molar-refractivity contribution in [3.05, 3.63) is 64.2 Å². The number of fused-ring (bicyclic) bond motifs is 2. The van der Waals surface area contributed by atoms with Crippen LogP contribution in [0.2, 0.25) is 5.02 Å². The molecular weight excluding hydrogens is 232 g/mol. The number of halogens is 1. The maximum Gasteiger partial charge on any atom is 0.142 e. The monoisotopic (exact) mass is 244 g/mol. The lowest BCUT2D eigenvalue weighted by Gasteiger charge is -2.14. The Kier molecular flexibility index (Phi) is 2.56. The quantitative estimate of drug-likeness (QED) is 0.668. The molecule has 1 nitrogen and oxygen atoms in total. The van der Waals surface area contributed by atoms with Gasteiger partial charge in [-0.05, 0) is 17.2 Å². The molecule has 86 valence electrons. The van der Waals surface area contributed by atoms with E-state index in [0.29, 0.717) is 17.5 Å². The summed E-state index contributed by atoms with van der Waals surface area (Å²) in [5.41, 5.74) is 3.74. The van der Waals surface area contributed by atoms with Crippen LogP contribution in [0.3, 0.4) is 0 Å². The summed E-state index contributed by atoms with van der Waals surface area (Å²) < 4.78 is 5.84. The van der Waals surface area contributed by atoms with Crippen LogP contribution < -0.4 is 4.74 Å². The Morgan fingerprint density at radius 3 is 2.71 bits per heavy atom. The highest BCUT2D eigenvalue weighted by molar-refractivity contribution is 6.32. The molecule has 0 radical (unpaired) electrons. The normalized spacial score (nSPS) is 17.6. The highest BCUT2D eigenvalue weighted by atomic mass is 35.5. The zero-order chi connectivity index (χ0) is 11.8. The second-order valence-corrected chi connectivity index (χ2v) is 4.77. The molecule has 0 N–H and O–H groups in total. The summed E-state index contributed by atoms with van der Waals surface area (Å²) in [5.74, 6) is 1.15. The zero-order valence-electron chi connectivity index (χ0n) is 9.61. The Labute approximate surface area is 106 Å². The van der Waals surface area contributed by atoms with E-state index in [1.807, 2.05) is 18.2 Å². The molecule has 1 unspecified atom stereocenters. The molecule has 1 aliphatic rings. The lowest BCUT2D eigenvalue weighted by atomic mass is 9.90. The van der Waals surface area contributed by atoms with Gasteiger partial charge in [-0.15, -0.1) is 0 Å². The van der Waals surface area contributed by atoms with Gasteiger partial charge in [-0.1, -0.05) is 54.9 Å². The van der Waals surface area contributed by atoms with Crippen LogP contribution in [0.25, 0.3) is 0 Å². The van der Waals surface area contributed by atoms with Gasteiger partial charge in [0.15, 0.2) is 0 Å². The highest BCUT2D eigenvalue weighted by Gasteiger charge is 2.22. The van der Waals surface area contributed by atoms with Crippen molar-refractivity contribution < 1.29 is 4.74 Å². The van der Waals surface area contributed by atoms with Crippen LogP contribution in [0.15, 0.2) is 42.5 Å². The van der Waals surface area contributed by atoms with Crippen LogP contribution in [-0.4, -0.2) is 0 Å². The van der Waals surface area contributed by atoms with Crippen molar-refractivity contribution in [3.63, 3.8) is 0 Å². The summed E-state index contributed by atoms with van der Waals surface area (Å²) in [4.78, 5) is 0. The Balaban J connectivity index is 2.20. The minimum absolute atomic E-state index is 0.322. The molecule has 3 rings (SSSR count). The minimum Gasteiger partial charge on any atom is -0.487 e. The molecule has 0 fully saturated rings. The lowest BCUT2D eigenvalue weighted by molar-refractivity contribution is 0.307. The summed E-state index contributed by atoms with van der Waals surface area (Å²) in [5, 5.41) is 0.696. The first kappa shape index (κ1) is 10.7. The lowest BCUT2D eigenvalue weighted by Crippen LogP contribution is -1.97. The molecule has 2 aromatic rings. The van der Waals surface area contributed by atoms with Gasteiger partial charge in [-0.25, -0.2) is 0 Å². The van der Waals surface area contributed by atoms with Gasteiger partial charge in [-0.2, -0.15) is 0 Å². The smallest absolute Gasteiger partial charge is 0.142 e. The fourth-order valence-electron chi connectivity index (χ4n) is 2.42. The largest absolute Gasteiger partial charge is 0.487 e. The van der Waals surface area contributed by atoms with Crippen LogP contribution in [0, 0.1) is 0 Å². The van der Waals surface area contributed by atoms with Crippen molar-refractivity contribution in [2.45, 2.75) is 19.4 Å². The van der Waals surface area contributed by atoms with E-state index < -0.39 is 0 Å². The van der Waals surface area contributed by atoms with Crippen molar-refractivity contribution in [3.8, 4) is 5.75 Å². The molecule has 0 aromatic heterocycles. The molecule has 1 atom stereocenters. The molecule has 1 heterocycles. The van der Waals surface area contributed by atoms with E-state index in [2.05, 4.69) is 31.2 Å². The Morgan fingerprint density at radius 2 is 1.82 bits per heavy atom. The fourth-order valence-corrected chi connectivity index (χ4v) is 2.66. The fraction of sp³-hybridized carbons (Fsp3) is 0.200. The first-order valence-corrected chi connectivity index (χ1v) is 6.14. The first-order chi connectivity index (χ1) is 8.27. The van der Waals surface area contributed by atoms with E-state index in [1.165, 1.54) is 16.7 Å². The van der Waals surface area contributed by atoms with Crippen molar-refractivity contribution in [1.82, 2.24) is 0 Å². The van der Waals surface area contributed by atoms with E-state index in [1.54, 1.807) is 0 Å². The van der Waals surface area contributed by atoms with E-state index in [0.717, 1.165) is 5.75 Å². The Morgan fingerprint density at radius 1 is 1.06 bits per heavy atom. The molecule has 0 aliphatic carbocycles. The number of hydrogen-bond donors (Lipinski definition) is 0. The third kappa shape index (κ3) is 1.71. The third-order valence-corrected chi connectivity index (χ3v) is 3.66. The van der Waals surface area contributed by atoms with Crippen molar-refractivity contribution in [1.29, 1.82) is 0 Å². The Hall–Kier alpha value is -1.47. The predicted octanol–water partition coefficient (Wildman–Crippen LogP) is 4.38. The number of hydrogen-bond acceptors (Lipinski definition) is 1. The van der Waals surface area contributed by atoms with Gasteiger partial charge in [0.05, 0.1) is 5.02 Å². The number of ether oxygens (including phenoxy) is 1. The standard InChI is InChI=1S/C15H13ClO/c1-10-12-6-3-2-5-11(12)9-17-15-13(10)7-4-8-14(15)16/h2-8,10H,9H2,1H3. The topological polar surface area (TPSA) is 9.23 Å². The van der Waals surface area contributed by atoms with Crippen molar-refractivity contribution >= 4 is 11.6 Å². The average molecular weight is 245 g/mol. The van der Waals surface area contributed by atoms with Gasteiger partial charge < -0.3 is 4.74 Å². The molecule has 17 heavy (non-hydrogen) atoms. The average Bonchev–Trinajstić information content (AvgIpc) is 2.50. The van der Waals surface area contributed by atoms with E-state index in [9.17, 15) is 0 Å². The molecule has 0 saturated carbocycles. The number of para-hydroxylation sites is 1. The molecule has 2 aromatic carbocycles. The molecular formula is C15H13ClO. The highest BCUT2D eigenvalue weighted by Crippen LogP contribution is 2.40. The SMILES string of the molecule is CC1c2ccccc2COc2c(Cl)cccc21. The summed E-state index contributed by atoms with van der Waals surface area (Å²) in [6.07, 6.45) is 0. The molecule has 0 bridgehead atoms. The van der Waals surface area contributed by atoms with Crippen molar-refractivity contribution in [2.24, 2.45) is 0 Å². The Bertz CT molecular complexity index is 563. The second-order valence-electron chi connectivity index (χ2n) is 4.37. The van der Waals surface area contributed by atoms with Gasteiger partial charge >= 0.3 is 0 Å². The molecule has 0 saturated heterocycles.